The third-order valence-corrected chi connectivity index (χ3v) is 8.83. The van der Waals surface area contributed by atoms with Gasteiger partial charge in [0.15, 0.2) is 0 Å². The van der Waals surface area contributed by atoms with Crippen molar-refractivity contribution in [1.29, 1.82) is 0 Å². The second-order valence-corrected chi connectivity index (χ2v) is 10.4. The van der Waals surface area contributed by atoms with E-state index in [0.29, 0.717) is 11.5 Å². The Bertz CT molecular complexity index is 810. The number of carbonyl (C=O) groups excluding carboxylic acids is 1. The van der Waals surface area contributed by atoms with Crippen LogP contribution in [0.25, 0.3) is 0 Å². The van der Waals surface area contributed by atoms with E-state index in [-0.39, 0.29) is 23.4 Å². The highest BCUT2D eigenvalue weighted by Crippen LogP contribution is 2.49. The molecule has 2 aliphatic carbocycles. The number of carbonyl (C=O) groups is 2. The van der Waals surface area contributed by atoms with Crippen molar-refractivity contribution in [2.45, 2.75) is 102 Å². The summed E-state index contributed by atoms with van der Waals surface area (Å²) in [7, 11) is 1.79. The second kappa shape index (κ2) is 11.5. The lowest BCUT2D eigenvalue weighted by Crippen LogP contribution is -2.47. The van der Waals surface area contributed by atoms with Gasteiger partial charge in [0.25, 0.3) is 0 Å². The molecule has 1 fully saturated rings. The highest BCUT2D eigenvalue weighted by Gasteiger charge is 2.46. The minimum atomic E-state index is -0.638. The van der Waals surface area contributed by atoms with Crippen molar-refractivity contribution >= 4 is 11.9 Å². The van der Waals surface area contributed by atoms with Gasteiger partial charge in [-0.2, -0.15) is 0 Å². The average Bonchev–Trinajstić information content (AvgIpc) is 2.83. The fourth-order valence-corrected chi connectivity index (χ4v) is 6.90. The third kappa shape index (κ3) is 5.62. The minimum absolute atomic E-state index is 0.0954. The number of methoxy groups -OCH3 is 1. The van der Waals surface area contributed by atoms with E-state index in [4.69, 9.17) is 10.5 Å². The van der Waals surface area contributed by atoms with Gasteiger partial charge in [-0.3, -0.25) is 9.59 Å². The van der Waals surface area contributed by atoms with Gasteiger partial charge in [0, 0.05) is 18.1 Å². The van der Waals surface area contributed by atoms with Gasteiger partial charge in [-0.1, -0.05) is 58.4 Å². The Labute approximate surface area is 199 Å². The molecule has 0 spiro atoms. The number of amides is 1. The van der Waals surface area contributed by atoms with Gasteiger partial charge in [0.2, 0.25) is 5.91 Å². The first-order valence-electron chi connectivity index (χ1n) is 13.0. The van der Waals surface area contributed by atoms with Crippen LogP contribution in [0.2, 0.25) is 0 Å². The van der Waals surface area contributed by atoms with Crippen molar-refractivity contribution in [3.05, 3.63) is 34.9 Å². The van der Waals surface area contributed by atoms with Gasteiger partial charge in [-0.05, 0) is 73.6 Å². The number of rotatable bonds is 11. The highest BCUT2D eigenvalue weighted by molar-refractivity contribution is 5.93. The molecule has 5 nitrogen and oxygen atoms in total. The Balaban J connectivity index is 1.78. The number of nitrogens with two attached hydrogens (primary N) is 1. The van der Waals surface area contributed by atoms with E-state index < -0.39 is 11.9 Å². The molecule has 5 heteroatoms. The molecule has 2 aliphatic rings. The molecule has 0 unspecified atom stereocenters. The Morgan fingerprint density at radius 3 is 2.45 bits per heavy atom. The fraction of sp³-hybridized carbons (Fsp3) is 0.714. The van der Waals surface area contributed by atoms with E-state index in [9.17, 15) is 14.7 Å². The summed E-state index contributed by atoms with van der Waals surface area (Å²) in [5.41, 5.74) is 8.55. The summed E-state index contributed by atoms with van der Waals surface area (Å²) < 4.78 is 6.02. The zero-order chi connectivity index (χ0) is 24.0. The second-order valence-electron chi connectivity index (χ2n) is 10.4. The molecule has 0 heterocycles. The van der Waals surface area contributed by atoms with E-state index in [1.54, 1.807) is 7.11 Å². The molecule has 33 heavy (non-hydrogen) atoms. The average molecular weight is 458 g/mol. The van der Waals surface area contributed by atoms with Gasteiger partial charge >= 0.3 is 5.97 Å². The quantitative estimate of drug-likeness (QED) is 0.435. The van der Waals surface area contributed by atoms with Crippen LogP contribution in [0.5, 0.6) is 0 Å². The molecule has 3 N–H and O–H groups in total. The molecule has 3 atom stereocenters. The number of hydrogen-bond acceptors (Lipinski definition) is 3. The zero-order valence-electron chi connectivity index (χ0n) is 20.8. The summed E-state index contributed by atoms with van der Waals surface area (Å²) >= 11 is 0. The fourth-order valence-electron chi connectivity index (χ4n) is 6.90. The Morgan fingerprint density at radius 1 is 1.18 bits per heavy atom. The predicted octanol–water partition coefficient (Wildman–Crippen LogP) is 5.87. The normalized spacial score (nSPS) is 23.6. The zero-order valence-corrected chi connectivity index (χ0v) is 20.8. The van der Waals surface area contributed by atoms with Crippen LogP contribution < -0.4 is 5.73 Å². The van der Waals surface area contributed by atoms with Crippen LogP contribution in [0.4, 0.5) is 0 Å². The standard InChI is InChI=1S/C28H43NO4/c1-4-28(5-2)23(13-9-12-22(27(31)32)16-19-10-7-6-8-11-19)25(33-3)18-20-14-15-21(26(29)30)17-24(20)28/h14-15,17,19,22-23,25H,4-13,16,18H2,1-3H3,(H2,29,30)(H,31,32)/t22-,23-,25+/m1/s1. The molecule has 1 aromatic rings. The number of carboxylic acids is 1. The summed E-state index contributed by atoms with van der Waals surface area (Å²) in [6.45, 7) is 4.44. The van der Waals surface area contributed by atoms with Gasteiger partial charge in [0.1, 0.15) is 0 Å². The summed E-state index contributed by atoms with van der Waals surface area (Å²) in [6, 6.07) is 5.88. The first-order valence-corrected chi connectivity index (χ1v) is 13.0. The molecule has 184 valence electrons. The summed E-state index contributed by atoms with van der Waals surface area (Å²) in [6.07, 6.45) is 12.4. The molecule has 0 saturated heterocycles. The van der Waals surface area contributed by atoms with Crippen LogP contribution >= 0.6 is 0 Å². The topological polar surface area (TPSA) is 89.6 Å². The predicted molar refractivity (Wildman–Crippen MR) is 131 cm³/mol. The van der Waals surface area contributed by atoms with E-state index >= 15 is 0 Å². The summed E-state index contributed by atoms with van der Waals surface area (Å²) in [5, 5.41) is 9.88. The Hall–Kier alpha value is -1.88. The third-order valence-electron chi connectivity index (χ3n) is 8.83. The van der Waals surface area contributed by atoms with Crippen LogP contribution in [0.1, 0.15) is 106 Å². The van der Waals surface area contributed by atoms with Gasteiger partial charge in [-0.15, -0.1) is 0 Å². The molecule has 1 saturated carbocycles. The molecule has 0 bridgehead atoms. The number of fused-ring (bicyclic) bond motifs is 1. The molecular weight excluding hydrogens is 414 g/mol. The van der Waals surface area contributed by atoms with Gasteiger partial charge in [-0.25, -0.2) is 0 Å². The number of primary amides is 1. The molecule has 3 rings (SSSR count). The minimum Gasteiger partial charge on any atom is -0.481 e. The maximum Gasteiger partial charge on any atom is 0.306 e. The van der Waals surface area contributed by atoms with Crippen molar-refractivity contribution in [2.24, 2.45) is 23.5 Å². The van der Waals surface area contributed by atoms with Crippen molar-refractivity contribution in [3.8, 4) is 0 Å². The maximum absolute atomic E-state index is 12.0. The van der Waals surface area contributed by atoms with Crippen molar-refractivity contribution in [3.63, 3.8) is 0 Å². The Kier molecular flexibility index (Phi) is 8.97. The van der Waals surface area contributed by atoms with Crippen LogP contribution in [-0.4, -0.2) is 30.2 Å². The summed E-state index contributed by atoms with van der Waals surface area (Å²) in [4.78, 5) is 23.9. The van der Waals surface area contributed by atoms with Crippen LogP contribution in [0.15, 0.2) is 18.2 Å². The van der Waals surface area contributed by atoms with E-state index in [1.807, 2.05) is 18.2 Å². The SMILES string of the molecule is CCC1(CC)c2cc(C(N)=O)ccc2C[C@H](OC)[C@H]1CCC[C@H](CC1CCCCC1)C(=O)O. The summed E-state index contributed by atoms with van der Waals surface area (Å²) in [5.74, 6) is -0.412. The molecule has 1 amide bonds. The molecular formula is C28H43NO4. The van der Waals surface area contributed by atoms with E-state index in [1.165, 1.54) is 43.2 Å². The molecule has 0 aromatic heterocycles. The largest absolute Gasteiger partial charge is 0.481 e. The van der Waals surface area contributed by atoms with Crippen molar-refractivity contribution < 1.29 is 19.4 Å². The molecule has 0 radical (unpaired) electrons. The van der Waals surface area contributed by atoms with Crippen molar-refractivity contribution in [2.75, 3.05) is 7.11 Å². The van der Waals surface area contributed by atoms with Crippen LogP contribution in [0, 0.1) is 17.8 Å². The molecule has 1 aromatic carbocycles. The monoisotopic (exact) mass is 457 g/mol. The first-order chi connectivity index (χ1) is 15.9. The molecule has 0 aliphatic heterocycles. The number of ether oxygens (including phenoxy) is 1. The van der Waals surface area contributed by atoms with Crippen LogP contribution in [-0.2, 0) is 21.4 Å². The highest BCUT2D eigenvalue weighted by atomic mass is 16.5. The van der Waals surface area contributed by atoms with E-state index in [2.05, 4.69) is 13.8 Å². The first kappa shape index (κ1) is 25.7. The number of hydrogen-bond donors (Lipinski definition) is 2. The van der Waals surface area contributed by atoms with Crippen LogP contribution in [0.3, 0.4) is 0 Å². The number of benzene rings is 1. The lowest BCUT2D eigenvalue weighted by Gasteiger charge is -2.49. The van der Waals surface area contributed by atoms with Gasteiger partial charge in [0.05, 0.1) is 12.0 Å². The Morgan fingerprint density at radius 2 is 1.88 bits per heavy atom. The van der Waals surface area contributed by atoms with Gasteiger partial charge < -0.3 is 15.6 Å². The lowest BCUT2D eigenvalue weighted by molar-refractivity contribution is -0.142. The van der Waals surface area contributed by atoms with E-state index in [0.717, 1.165) is 44.9 Å². The lowest BCUT2D eigenvalue weighted by atomic mass is 9.58. The van der Waals surface area contributed by atoms with Crippen molar-refractivity contribution in [1.82, 2.24) is 0 Å². The number of aliphatic carboxylic acids is 1. The number of carboxylic acid groups (broad SMARTS) is 1. The maximum atomic E-state index is 12.0. The smallest absolute Gasteiger partial charge is 0.306 e.